The Labute approximate surface area is 106 Å². The normalized spacial score (nSPS) is 10.1. The molecule has 0 fully saturated rings. The van der Waals surface area contributed by atoms with E-state index >= 15 is 0 Å². The fraction of sp³-hybridized carbons (Fsp3) is 0. The second-order valence-corrected chi connectivity index (χ2v) is 3.66. The standard InChI is InChI=1S/C11H6ClFN2O3/c12-10-2-1-3-11(14-10)18-9-5-4-7(15(16)17)6-8(9)13/h1-6H. The molecule has 1 aromatic carbocycles. The Kier molecular flexibility index (Phi) is 3.38. The van der Waals surface area contributed by atoms with Crippen LogP contribution in [0.3, 0.4) is 0 Å². The molecule has 18 heavy (non-hydrogen) atoms. The molecule has 0 saturated heterocycles. The topological polar surface area (TPSA) is 65.3 Å². The molecule has 2 aromatic rings. The second kappa shape index (κ2) is 4.97. The van der Waals surface area contributed by atoms with Gasteiger partial charge >= 0.3 is 0 Å². The van der Waals surface area contributed by atoms with E-state index in [1.54, 1.807) is 12.1 Å². The number of halogens is 2. The minimum absolute atomic E-state index is 0.107. The lowest BCUT2D eigenvalue weighted by Crippen LogP contribution is -1.93. The van der Waals surface area contributed by atoms with Crippen molar-refractivity contribution in [2.24, 2.45) is 0 Å². The molecule has 0 radical (unpaired) electrons. The molecule has 0 bridgehead atoms. The van der Waals surface area contributed by atoms with E-state index in [0.29, 0.717) is 0 Å². The third-order valence-electron chi connectivity index (χ3n) is 2.03. The summed E-state index contributed by atoms with van der Waals surface area (Å²) in [5, 5.41) is 10.6. The number of hydrogen-bond donors (Lipinski definition) is 0. The van der Waals surface area contributed by atoms with Crippen LogP contribution in [0.5, 0.6) is 11.6 Å². The zero-order valence-corrected chi connectivity index (χ0v) is 9.60. The van der Waals surface area contributed by atoms with E-state index in [1.807, 2.05) is 0 Å². The van der Waals surface area contributed by atoms with Gasteiger partial charge in [0.05, 0.1) is 11.0 Å². The van der Waals surface area contributed by atoms with Crippen LogP contribution >= 0.6 is 11.6 Å². The molecule has 0 amide bonds. The molecule has 0 aliphatic rings. The highest BCUT2D eigenvalue weighted by Gasteiger charge is 2.12. The first kappa shape index (κ1) is 12.3. The third kappa shape index (κ3) is 2.72. The average Bonchev–Trinajstić information content (AvgIpc) is 2.31. The van der Waals surface area contributed by atoms with Crippen LogP contribution in [0.2, 0.25) is 5.15 Å². The van der Waals surface area contributed by atoms with Crippen LogP contribution < -0.4 is 4.74 Å². The van der Waals surface area contributed by atoms with Gasteiger partial charge in [-0.2, -0.15) is 0 Å². The molecule has 0 unspecified atom stereocenters. The molecule has 5 nitrogen and oxygen atoms in total. The van der Waals surface area contributed by atoms with Gasteiger partial charge in [-0.1, -0.05) is 17.7 Å². The van der Waals surface area contributed by atoms with Gasteiger partial charge in [0.2, 0.25) is 5.88 Å². The van der Waals surface area contributed by atoms with Crippen molar-refractivity contribution in [2.75, 3.05) is 0 Å². The van der Waals surface area contributed by atoms with E-state index in [1.165, 1.54) is 6.07 Å². The van der Waals surface area contributed by atoms with Gasteiger partial charge in [-0.3, -0.25) is 10.1 Å². The Morgan fingerprint density at radius 2 is 2.11 bits per heavy atom. The number of aromatic nitrogens is 1. The van der Waals surface area contributed by atoms with Crippen LogP contribution in [-0.4, -0.2) is 9.91 Å². The van der Waals surface area contributed by atoms with Crippen molar-refractivity contribution < 1.29 is 14.1 Å². The van der Waals surface area contributed by atoms with Gasteiger partial charge in [0.25, 0.3) is 5.69 Å². The smallest absolute Gasteiger partial charge is 0.272 e. The fourth-order valence-electron chi connectivity index (χ4n) is 1.25. The van der Waals surface area contributed by atoms with Gasteiger partial charge in [-0.15, -0.1) is 0 Å². The summed E-state index contributed by atoms with van der Waals surface area (Å²) in [6.07, 6.45) is 0. The molecular weight excluding hydrogens is 263 g/mol. The first-order valence-electron chi connectivity index (χ1n) is 4.80. The van der Waals surface area contributed by atoms with Gasteiger partial charge in [-0.25, -0.2) is 9.37 Å². The predicted octanol–water partition coefficient (Wildman–Crippen LogP) is 3.57. The third-order valence-corrected chi connectivity index (χ3v) is 2.24. The number of nitrogens with zero attached hydrogens (tertiary/aromatic N) is 2. The van der Waals surface area contributed by atoms with Crippen molar-refractivity contribution in [1.29, 1.82) is 0 Å². The molecule has 1 aromatic heterocycles. The molecule has 1 heterocycles. The zero-order valence-electron chi connectivity index (χ0n) is 8.84. The van der Waals surface area contributed by atoms with Crippen molar-refractivity contribution in [2.45, 2.75) is 0 Å². The van der Waals surface area contributed by atoms with Crippen molar-refractivity contribution in [3.8, 4) is 11.6 Å². The Hall–Kier alpha value is -2.21. The molecule has 92 valence electrons. The maximum absolute atomic E-state index is 13.5. The fourth-order valence-corrected chi connectivity index (χ4v) is 1.40. The zero-order chi connectivity index (χ0) is 13.1. The minimum atomic E-state index is -0.842. The maximum Gasteiger partial charge on any atom is 0.272 e. The SMILES string of the molecule is O=[N+]([O-])c1ccc(Oc2cccc(Cl)n2)c(F)c1. The molecule has 0 saturated carbocycles. The van der Waals surface area contributed by atoms with Crippen LogP contribution in [-0.2, 0) is 0 Å². The number of hydrogen-bond acceptors (Lipinski definition) is 4. The average molecular weight is 269 g/mol. The van der Waals surface area contributed by atoms with Gasteiger partial charge < -0.3 is 4.74 Å². The Balaban J connectivity index is 2.27. The van der Waals surface area contributed by atoms with E-state index in [9.17, 15) is 14.5 Å². The summed E-state index contributed by atoms with van der Waals surface area (Å²) in [7, 11) is 0. The van der Waals surface area contributed by atoms with Crippen molar-refractivity contribution >= 4 is 17.3 Å². The lowest BCUT2D eigenvalue weighted by Gasteiger charge is -2.05. The van der Waals surface area contributed by atoms with E-state index in [2.05, 4.69) is 4.98 Å². The first-order chi connectivity index (χ1) is 8.56. The molecule has 0 atom stereocenters. The lowest BCUT2D eigenvalue weighted by atomic mass is 10.3. The number of nitro groups is 1. The predicted molar refractivity (Wildman–Crippen MR) is 62.4 cm³/mol. The minimum Gasteiger partial charge on any atom is -0.436 e. The number of nitro benzene ring substituents is 1. The van der Waals surface area contributed by atoms with Crippen molar-refractivity contribution in [3.05, 3.63) is 57.5 Å². The quantitative estimate of drug-likeness (QED) is 0.485. The highest BCUT2D eigenvalue weighted by molar-refractivity contribution is 6.29. The molecule has 0 aliphatic heterocycles. The Bertz CT molecular complexity index is 607. The van der Waals surface area contributed by atoms with Gasteiger partial charge in [0.15, 0.2) is 11.6 Å². The summed E-state index contributed by atoms with van der Waals surface area (Å²) in [6, 6.07) is 7.71. The number of benzene rings is 1. The van der Waals surface area contributed by atoms with E-state index < -0.39 is 10.7 Å². The number of rotatable bonds is 3. The Morgan fingerprint density at radius 1 is 1.33 bits per heavy atom. The molecular formula is C11H6ClFN2O3. The number of non-ortho nitro benzene ring substituents is 1. The van der Waals surface area contributed by atoms with Crippen LogP contribution in [0.25, 0.3) is 0 Å². The summed E-state index contributed by atoms with van der Waals surface area (Å²) in [4.78, 5) is 13.6. The van der Waals surface area contributed by atoms with Crippen molar-refractivity contribution in [1.82, 2.24) is 4.98 Å². The largest absolute Gasteiger partial charge is 0.436 e. The van der Waals surface area contributed by atoms with Gasteiger partial charge in [0, 0.05) is 12.1 Å². The number of pyridine rings is 1. The summed E-state index contributed by atoms with van der Waals surface area (Å²) in [5.41, 5.74) is -0.348. The molecule has 0 aliphatic carbocycles. The van der Waals surface area contributed by atoms with Gasteiger partial charge in [0.1, 0.15) is 5.15 Å². The Morgan fingerprint density at radius 3 is 2.72 bits per heavy atom. The van der Waals surface area contributed by atoms with Crippen molar-refractivity contribution in [3.63, 3.8) is 0 Å². The van der Waals surface area contributed by atoms with E-state index in [4.69, 9.17) is 16.3 Å². The second-order valence-electron chi connectivity index (χ2n) is 3.27. The summed E-state index contributed by atoms with van der Waals surface area (Å²) >= 11 is 5.64. The highest BCUT2D eigenvalue weighted by atomic mass is 35.5. The maximum atomic E-state index is 13.5. The summed E-state index contributed by atoms with van der Waals surface area (Å²) in [5.74, 6) is -0.892. The molecule has 0 spiro atoms. The summed E-state index contributed by atoms with van der Waals surface area (Å²) in [6.45, 7) is 0. The molecule has 0 N–H and O–H groups in total. The summed E-state index contributed by atoms with van der Waals surface area (Å²) < 4.78 is 18.6. The first-order valence-corrected chi connectivity index (χ1v) is 5.18. The van der Waals surface area contributed by atoms with Crippen LogP contribution in [0, 0.1) is 15.9 Å². The van der Waals surface area contributed by atoms with E-state index in [0.717, 1.165) is 18.2 Å². The number of ether oxygens (including phenoxy) is 1. The van der Waals surface area contributed by atoms with Gasteiger partial charge in [-0.05, 0) is 12.1 Å². The van der Waals surface area contributed by atoms with Crippen LogP contribution in [0.15, 0.2) is 36.4 Å². The highest BCUT2D eigenvalue weighted by Crippen LogP contribution is 2.26. The van der Waals surface area contributed by atoms with Crippen LogP contribution in [0.4, 0.5) is 10.1 Å². The molecule has 2 rings (SSSR count). The van der Waals surface area contributed by atoms with E-state index in [-0.39, 0.29) is 22.5 Å². The lowest BCUT2D eigenvalue weighted by molar-refractivity contribution is -0.385. The molecule has 7 heteroatoms. The monoisotopic (exact) mass is 268 g/mol. The van der Waals surface area contributed by atoms with Crippen LogP contribution in [0.1, 0.15) is 0 Å².